The lowest BCUT2D eigenvalue weighted by molar-refractivity contribution is -0.123. The van der Waals surface area contributed by atoms with Crippen LogP contribution in [-0.4, -0.2) is 18.9 Å². The van der Waals surface area contributed by atoms with E-state index in [4.69, 9.17) is 4.74 Å². The van der Waals surface area contributed by atoms with Gasteiger partial charge in [-0.25, -0.2) is 0 Å². The van der Waals surface area contributed by atoms with Crippen molar-refractivity contribution in [3.8, 4) is 5.75 Å². The average Bonchev–Trinajstić information content (AvgIpc) is 2.46. The molecule has 0 radical (unpaired) electrons. The van der Waals surface area contributed by atoms with Crippen LogP contribution in [0.25, 0.3) is 0 Å². The first-order valence-corrected chi connectivity index (χ1v) is 7.29. The molecular weight excluding hydrogens is 292 g/mol. The van der Waals surface area contributed by atoms with Gasteiger partial charge >= 0.3 is 0 Å². The number of benzene rings is 2. The predicted molar refractivity (Wildman–Crippen MR) is 90.8 cm³/mol. The van der Waals surface area contributed by atoms with Crippen LogP contribution in [0.4, 0.5) is 11.4 Å². The first-order chi connectivity index (χ1) is 11.0. The van der Waals surface area contributed by atoms with Crippen LogP contribution in [0.2, 0.25) is 0 Å². The molecule has 2 rings (SSSR count). The summed E-state index contributed by atoms with van der Waals surface area (Å²) in [5.41, 5.74) is 3.34. The Morgan fingerprint density at radius 2 is 1.57 bits per heavy atom. The highest BCUT2D eigenvalue weighted by Crippen LogP contribution is 2.23. The molecule has 2 aromatic carbocycles. The maximum absolute atomic E-state index is 12.0. The monoisotopic (exact) mass is 312 g/mol. The standard InChI is InChI=1S/C18H20N2O3/c1-12-8-13(2)10-14(9-12)19-17(21)11-18(22)20-15-6-4-5-7-16(15)23-3/h4-10H,11H2,1-3H3,(H,19,21)(H,20,22). The molecule has 0 aliphatic carbocycles. The Balaban J connectivity index is 1.96. The predicted octanol–water partition coefficient (Wildman–Crippen LogP) is 3.28. The zero-order chi connectivity index (χ0) is 16.8. The number of ether oxygens (including phenoxy) is 1. The molecule has 2 aromatic rings. The van der Waals surface area contributed by atoms with Crippen LogP contribution in [0.1, 0.15) is 17.5 Å². The normalized spacial score (nSPS) is 10.0. The minimum Gasteiger partial charge on any atom is -0.495 e. The number of hydrogen-bond acceptors (Lipinski definition) is 3. The van der Waals surface area contributed by atoms with E-state index in [1.165, 1.54) is 7.11 Å². The number of amides is 2. The van der Waals surface area contributed by atoms with Crippen LogP contribution in [-0.2, 0) is 9.59 Å². The Labute approximate surface area is 135 Å². The summed E-state index contributed by atoms with van der Waals surface area (Å²) in [7, 11) is 1.53. The van der Waals surface area contributed by atoms with E-state index in [0.29, 0.717) is 17.1 Å². The highest BCUT2D eigenvalue weighted by Gasteiger charge is 2.12. The fourth-order valence-corrected chi connectivity index (χ4v) is 2.34. The van der Waals surface area contributed by atoms with Gasteiger partial charge in [0.25, 0.3) is 0 Å². The van der Waals surface area contributed by atoms with Crippen LogP contribution in [0.5, 0.6) is 5.75 Å². The Morgan fingerprint density at radius 1 is 0.957 bits per heavy atom. The molecule has 23 heavy (non-hydrogen) atoms. The van der Waals surface area contributed by atoms with Gasteiger partial charge in [-0.1, -0.05) is 18.2 Å². The summed E-state index contributed by atoms with van der Waals surface area (Å²) in [6.07, 6.45) is -0.259. The highest BCUT2D eigenvalue weighted by molar-refractivity contribution is 6.08. The Kier molecular flexibility index (Phi) is 5.36. The Hall–Kier alpha value is -2.82. The highest BCUT2D eigenvalue weighted by atomic mass is 16.5. The van der Waals surface area contributed by atoms with Crippen LogP contribution in [0.3, 0.4) is 0 Å². The maximum atomic E-state index is 12.0. The Bertz CT molecular complexity index is 706. The fourth-order valence-electron chi connectivity index (χ4n) is 2.34. The van der Waals surface area contributed by atoms with E-state index in [2.05, 4.69) is 10.6 Å². The number of para-hydroxylation sites is 2. The number of aryl methyl sites for hydroxylation is 2. The number of nitrogens with one attached hydrogen (secondary N) is 2. The zero-order valence-electron chi connectivity index (χ0n) is 13.5. The molecule has 0 unspecified atom stereocenters. The summed E-state index contributed by atoms with van der Waals surface area (Å²) in [6.45, 7) is 3.91. The van der Waals surface area contributed by atoms with Crippen molar-refractivity contribution in [3.63, 3.8) is 0 Å². The van der Waals surface area contributed by atoms with E-state index in [0.717, 1.165) is 11.1 Å². The molecule has 0 saturated heterocycles. The summed E-state index contributed by atoms with van der Waals surface area (Å²) >= 11 is 0. The molecule has 120 valence electrons. The smallest absolute Gasteiger partial charge is 0.233 e. The van der Waals surface area contributed by atoms with Gasteiger partial charge in [0, 0.05) is 5.69 Å². The molecule has 0 atom stereocenters. The van der Waals surface area contributed by atoms with Gasteiger partial charge < -0.3 is 15.4 Å². The van der Waals surface area contributed by atoms with Gasteiger partial charge in [-0.3, -0.25) is 9.59 Å². The minimum atomic E-state index is -0.392. The third kappa shape index (κ3) is 4.85. The van der Waals surface area contributed by atoms with Crippen LogP contribution >= 0.6 is 0 Å². The van der Waals surface area contributed by atoms with Crippen molar-refractivity contribution in [2.75, 3.05) is 17.7 Å². The van der Waals surface area contributed by atoms with Crippen molar-refractivity contribution >= 4 is 23.2 Å². The van der Waals surface area contributed by atoms with Gasteiger partial charge in [0.1, 0.15) is 12.2 Å². The first kappa shape index (κ1) is 16.5. The summed E-state index contributed by atoms with van der Waals surface area (Å²) in [4.78, 5) is 24.0. The third-order valence-corrected chi connectivity index (χ3v) is 3.21. The third-order valence-electron chi connectivity index (χ3n) is 3.21. The molecule has 0 aromatic heterocycles. The summed E-state index contributed by atoms with van der Waals surface area (Å²) in [5.74, 6) is -0.200. The average molecular weight is 312 g/mol. The van der Waals surface area contributed by atoms with Crippen molar-refractivity contribution < 1.29 is 14.3 Å². The van der Waals surface area contributed by atoms with E-state index < -0.39 is 5.91 Å². The number of anilines is 2. The van der Waals surface area contributed by atoms with E-state index in [1.807, 2.05) is 32.0 Å². The number of methoxy groups -OCH3 is 1. The lowest BCUT2D eigenvalue weighted by atomic mass is 10.1. The van der Waals surface area contributed by atoms with E-state index in [-0.39, 0.29) is 12.3 Å². The quantitative estimate of drug-likeness (QED) is 0.833. The van der Waals surface area contributed by atoms with Gasteiger partial charge in [0.2, 0.25) is 11.8 Å². The van der Waals surface area contributed by atoms with Crippen molar-refractivity contribution in [3.05, 3.63) is 53.6 Å². The van der Waals surface area contributed by atoms with Crippen LogP contribution in [0, 0.1) is 13.8 Å². The van der Waals surface area contributed by atoms with Gasteiger partial charge in [-0.15, -0.1) is 0 Å². The number of rotatable bonds is 5. The molecule has 0 saturated carbocycles. The van der Waals surface area contributed by atoms with E-state index >= 15 is 0 Å². The molecule has 0 heterocycles. The Morgan fingerprint density at radius 3 is 2.22 bits per heavy atom. The lowest BCUT2D eigenvalue weighted by Crippen LogP contribution is -2.21. The summed E-state index contributed by atoms with van der Waals surface area (Å²) in [5, 5.41) is 5.41. The molecule has 0 fully saturated rings. The molecular formula is C18H20N2O3. The van der Waals surface area contributed by atoms with Crippen molar-refractivity contribution in [1.29, 1.82) is 0 Å². The van der Waals surface area contributed by atoms with Crippen LogP contribution in [0.15, 0.2) is 42.5 Å². The van der Waals surface area contributed by atoms with E-state index in [1.54, 1.807) is 24.3 Å². The fraction of sp³-hybridized carbons (Fsp3) is 0.222. The molecule has 0 aliphatic rings. The molecule has 5 nitrogen and oxygen atoms in total. The first-order valence-electron chi connectivity index (χ1n) is 7.29. The second kappa shape index (κ2) is 7.45. The second-order valence-electron chi connectivity index (χ2n) is 5.35. The largest absolute Gasteiger partial charge is 0.495 e. The topological polar surface area (TPSA) is 67.4 Å². The molecule has 0 spiro atoms. The summed E-state index contributed by atoms with van der Waals surface area (Å²) < 4.78 is 5.16. The van der Waals surface area contributed by atoms with Gasteiger partial charge in [0.05, 0.1) is 12.8 Å². The van der Waals surface area contributed by atoms with E-state index in [9.17, 15) is 9.59 Å². The molecule has 2 N–H and O–H groups in total. The molecule has 2 amide bonds. The lowest BCUT2D eigenvalue weighted by Gasteiger charge is -2.10. The molecule has 0 bridgehead atoms. The maximum Gasteiger partial charge on any atom is 0.233 e. The minimum absolute atomic E-state index is 0.259. The molecule has 5 heteroatoms. The van der Waals surface area contributed by atoms with Crippen molar-refractivity contribution in [2.45, 2.75) is 20.3 Å². The van der Waals surface area contributed by atoms with Gasteiger partial charge in [-0.2, -0.15) is 0 Å². The van der Waals surface area contributed by atoms with Gasteiger partial charge in [-0.05, 0) is 49.2 Å². The second-order valence-corrected chi connectivity index (χ2v) is 5.35. The molecule has 0 aliphatic heterocycles. The summed E-state index contributed by atoms with van der Waals surface area (Å²) in [6, 6.07) is 12.8. The van der Waals surface area contributed by atoms with Crippen molar-refractivity contribution in [2.24, 2.45) is 0 Å². The van der Waals surface area contributed by atoms with Crippen molar-refractivity contribution in [1.82, 2.24) is 0 Å². The number of hydrogen-bond donors (Lipinski definition) is 2. The number of carbonyl (C=O) groups excluding carboxylic acids is 2. The van der Waals surface area contributed by atoms with Crippen LogP contribution < -0.4 is 15.4 Å². The zero-order valence-corrected chi connectivity index (χ0v) is 13.5. The number of carbonyl (C=O) groups is 2. The SMILES string of the molecule is COc1ccccc1NC(=O)CC(=O)Nc1cc(C)cc(C)c1. The van der Waals surface area contributed by atoms with Gasteiger partial charge in [0.15, 0.2) is 0 Å².